The molecule has 11 rings (SSSR count). The molecule has 4 nitrogen and oxygen atoms in total. The number of benzene rings is 6. The Hall–Kier alpha value is -6.78. The minimum absolute atomic E-state index is 0.962. The summed E-state index contributed by atoms with van der Waals surface area (Å²) in [4.78, 5) is 9.09. The lowest BCUT2D eigenvalue weighted by atomic mass is 9.83. The summed E-state index contributed by atoms with van der Waals surface area (Å²) >= 11 is 0. The van der Waals surface area contributed by atoms with E-state index in [2.05, 4.69) is 153 Å². The molecule has 0 bridgehead atoms. The van der Waals surface area contributed by atoms with E-state index in [9.17, 15) is 0 Å². The van der Waals surface area contributed by atoms with Gasteiger partial charge in [-0.15, -0.1) is 0 Å². The third-order valence-corrected chi connectivity index (χ3v) is 11.0. The van der Waals surface area contributed by atoms with Crippen molar-refractivity contribution in [1.82, 2.24) is 19.1 Å². The van der Waals surface area contributed by atoms with Crippen LogP contribution >= 0.6 is 0 Å². The van der Waals surface area contributed by atoms with Gasteiger partial charge in [0.1, 0.15) is 0 Å². The molecule has 10 aromatic rings. The molecule has 4 heterocycles. The Morgan fingerprint density at radius 3 is 1.63 bits per heavy atom. The highest BCUT2D eigenvalue weighted by atomic mass is 15.0. The lowest BCUT2D eigenvalue weighted by molar-refractivity contribution is 0.944. The van der Waals surface area contributed by atoms with Crippen molar-refractivity contribution in [3.05, 3.63) is 182 Å². The zero-order valence-corrected chi connectivity index (χ0v) is 28.4. The third kappa shape index (κ3) is 4.34. The minimum atomic E-state index is 0.962. The predicted molar refractivity (Wildman–Crippen MR) is 214 cm³/mol. The highest BCUT2D eigenvalue weighted by Gasteiger charge is 2.25. The van der Waals surface area contributed by atoms with Crippen molar-refractivity contribution < 1.29 is 0 Å². The molecule has 0 saturated carbocycles. The molecule has 0 fully saturated rings. The van der Waals surface area contributed by atoms with Crippen LogP contribution in [0.1, 0.15) is 11.1 Å². The number of nitrogens with zero attached hydrogens (tertiary/aromatic N) is 4. The SMILES string of the molecule is c1ccc(-c2ccc3c(c2)c2cc4c(cc2n3-c2cccnc2)-c2ccc3c5cc(-c6ccccc6)ccc5n(-c5cccnc5)c3c2CC4)cc1. The molecule has 0 N–H and O–H groups in total. The van der Waals surface area contributed by atoms with Gasteiger partial charge in [-0.05, 0) is 118 Å². The summed E-state index contributed by atoms with van der Waals surface area (Å²) in [7, 11) is 0. The number of rotatable bonds is 4. The maximum Gasteiger partial charge on any atom is 0.0645 e. The lowest BCUT2D eigenvalue weighted by Crippen LogP contribution is -2.07. The predicted octanol–water partition coefficient (Wildman–Crippen LogP) is 11.8. The topological polar surface area (TPSA) is 35.6 Å². The van der Waals surface area contributed by atoms with E-state index in [0.29, 0.717) is 0 Å². The van der Waals surface area contributed by atoms with Gasteiger partial charge >= 0.3 is 0 Å². The molecule has 6 aromatic carbocycles. The van der Waals surface area contributed by atoms with Crippen molar-refractivity contribution in [2.45, 2.75) is 12.8 Å². The number of aryl methyl sites for hydroxylation is 2. The average Bonchev–Trinajstić information content (AvgIpc) is 3.73. The van der Waals surface area contributed by atoms with Crippen LogP contribution in [0, 0.1) is 0 Å². The first-order valence-electron chi connectivity index (χ1n) is 17.9. The summed E-state index contributed by atoms with van der Waals surface area (Å²) < 4.78 is 4.82. The van der Waals surface area contributed by atoms with Crippen LogP contribution in [0.25, 0.3) is 88.4 Å². The van der Waals surface area contributed by atoms with Gasteiger partial charge in [0.05, 0.1) is 45.8 Å². The molecule has 0 aliphatic heterocycles. The van der Waals surface area contributed by atoms with E-state index in [-0.39, 0.29) is 0 Å². The molecule has 0 saturated heterocycles. The second kappa shape index (κ2) is 11.4. The van der Waals surface area contributed by atoms with Crippen LogP contribution in [-0.4, -0.2) is 19.1 Å². The molecule has 244 valence electrons. The Bertz CT molecular complexity index is 2930. The van der Waals surface area contributed by atoms with Crippen LogP contribution in [0.2, 0.25) is 0 Å². The van der Waals surface area contributed by atoms with Gasteiger partial charge in [0, 0.05) is 33.9 Å². The van der Waals surface area contributed by atoms with E-state index in [1.807, 2.05) is 36.9 Å². The van der Waals surface area contributed by atoms with Crippen molar-refractivity contribution in [2.75, 3.05) is 0 Å². The minimum Gasteiger partial charge on any atom is -0.308 e. The van der Waals surface area contributed by atoms with E-state index < -0.39 is 0 Å². The zero-order chi connectivity index (χ0) is 34.2. The van der Waals surface area contributed by atoms with Crippen molar-refractivity contribution in [3.63, 3.8) is 0 Å². The molecule has 0 spiro atoms. The Morgan fingerprint density at radius 1 is 0.404 bits per heavy atom. The van der Waals surface area contributed by atoms with E-state index in [1.54, 1.807) is 0 Å². The number of aromatic nitrogens is 4. The molecule has 1 aliphatic rings. The maximum absolute atomic E-state index is 4.56. The molecule has 0 amide bonds. The van der Waals surface area contributed by atoms with Gasteiger partial charge in [-0.3, -0.25) is 9.97 Å². The van der Waals surface area contributed by atoms with Crippen LogP contribution in [0.4, 0.5) is 0 Å². The molecular formula is C48H32N4. The quantitative estimate of drug-likeness (QED) is 0.188. The lowest BCUT2D eigenvalue weighted by Gasteiger charge is -2.23. The number of hydrogen-bond donors (Lipinski definition) is 0. The molecule has 0 radical (unpaired) electrons. The van der Waals surface area contributed by atoms with Crippen LogP contribution in [0.5, 0.6) is 0 Å². The molecular weight excluding hydrogens is 633 g/mol. The average molecular weight is 665 g/mol. The van der Waals surface area contributed by atoms with Gasteiger partial charge in [-0.1, -0.05) is 84.9 Å². The van der Waals surface area contributed by atoms with E-state index in [4.69, 9.17) is 0 Å². The first-order chi connectivity index (χ1) is 25.8. The molecule has 0 atom stereocenters. The Balaban J connectivity index is 1.18. The summed E-state index contributed by atoms with van der Waals surface area (Å²) in [6, 6.07) is 53.1. The molecule has 4 heteroatoms. The van der Waals surface area contributed by atoms with Gasteiger partial charge in [0.25, 0.3) is 0 Å². The Morgan fingerprint density at radius 2 is 1.00 bits per heavy atom. The monoisotopic (exact) mass is 664 g/mol. The van der Waals surface area contributed by atoms with Crippen molar-refractivity contribution in [1.29, 1.82) is 0 Å². The summed E-state index contributed by atoms with van der Waals surface area (Å²) in [5.74, 6) is 0. The van der Waals surface area contributed by atoms with Crippen LogP contribution < -0.4 is 0 Å². The summed E-state index contributed by atoms with van der Waals surface area (Å²) in [6.45, 7) is 0. The second-order valence-electron chi connectivity index (χ2n) is 13.8. The zero-order valence-electron chi connectivity index (χ0n) is 28.4. The van der Waals surface area contributed by atoms with E-state index in [1.165, 1.54) is 88.1 Å². The molecule has 4 aromatic heterocycles. The molecule has 0 unspecified atom stereocenters. The van der Waals surface area contributed by atoms with Gasteiger partial charge in [-0.2, -0.15) is 0 Å². The fraction of sp³-hybridized carbons (Fsp3) is 0.0417. The maximum atomic E-state index is 4.56. The van der Waals surface area contributed by atoms with Gasteiger partial charge in [0.15, 0.2) is 0 Å². The first kappa shape index (κ1) is 29.0. The first-order valence-corrected chi connectivity index (χ1v) is 17.9. The van der Waals surface area contributed by atoms with Crippen LogP contribution in [0.15, 0.2) is 170 Å². The van der Waals surface area contributed by atoms with Crippen molar-refractivity contribution in [3.8, 4) is 44.8 Å². The highest BCUT2D eigenvalue weighted by Crippen LogP contribution is 2.45. The fourth-order valence-electron chi connectivity index (χ4n) is 8.65. The largest absolute Gasteiger partial charge is 0.308 e. The fourth-order valence-corrected chi connectivity index (χ4v) is 8.65. The Kier molecular flexibility index (Phi) is 6.34. The Labute approximate surface area is 300 Å². The molecule has 52 heavy (non-hydrogen) atoms. The van der Waals surface area contributed by atoms with Gasteiger partial charge in [-0.25, -0.2) is 0 Å². The standard InChI is InChI=1S/C48H32N4/c1-3-9-31(10-4-1)33-17-22-46-42(25-33)40-20-19-38-39(48(40)52(46)37-14-8-24-50-30-37)18-15-35-27-44-43-26-34(32-11-5-2-6-12-32)16-21-45(43)51(47(44)28-41(35)38)36-13-7-23-49-29-36/h1-14,16-17,19-30H,15,18H2. The summed E-state index contributed by atoms with van der Waals surface area (Å²) in [6.07, 6.45) is 9.59. The van der Waals surface area contributed by atoms with E-state index in [0.717, 1.165) is 24.2 Å². The van der Waals surface area contributed by atoms with Crippen molar-refractivity contribution in [2.24, 2.45) is 0 Å². The normalized spacial score (nSPS) is 12.5. The van der Waals surface area contributed by atoms with Gasteiger partial charge < -0.3 is 9.13 Å². The number of fused-ring (bicyclic) bond motifs is 10. The smallest absolute Gasteiger partial charge is 0.0645 e. The number of pyridine rings is 2. The highest BCUT2D eigenvalue weighted by molar-refractivity contribution is 6.15. The van der Waals surface area contributed by atoms with Gasteiger partial charge in [0.2, 0.25) is 0 Å². The summed E-state index contributed by atoms with van der Waals surface area (Å²) in [5.41, 5.74) is 17.3. The van der Waals surface area contributed by atoms with Crippen LogP contribution in [-0.2, 0) is 12.8 Å². The number of hydrogen-bond acceptors (Lipinski definition) is 2. The molecule has 1 aliphatic carbocycles. The summed E-state index contributed by atoms with van der Waals surface area (Å²) in [5, 5.41) is 5.07. The third-order valence-electron chi connectivity index (χ3n) is 11.0. The van der Waals surface area contributed by atoms with Crippen LogP contribution in [0.3, 0.4) is 0 Å². The second-order valence-corrected chi connectivity index (χ2v) is 13.8. The van der Waals surface area contributed by atoms with E-state index >= 15 is 0 Å². The van der Waals surface area contributed by atoms with Crippen molar-refractivity contribution >= 4 is 43.6 Å².